The number of piperidine rings is 1. The van der Waals surface area contributed by atoms with E-state index in [9.17, 15) is 9.59 Å². The monoisotopic (exact) mass is 383 g/mol. The number of amides is 2. The maximum absolute atomic E-state index is 12.8. The largest absolute Gasteiger partial charge is 0.349 e. The van der Waals surface area contributed by atoms with Gasteiger partial charge in [0.15, 0.2) is 0 Å². The number of rotatable bonds is 5. The molecule has 1 atom stereocenters. The average Bonchev–Trinajstić information content (AvgIpc) is 2.73. The summed E-state index contributed by atoms with van der Waals surface area (Å²) in [6.45, 7) is 5.34. The van der Waals surface area contributed by atoms with Gasteiger partial charge in [-0.25, -0.2) is 15.4 Å². The van der Waals surface area contributed by atoms with Crippen molar-refractivity contribution in [3.8, 4) is 0 Å². The lowest BCUT2D eigenvalue weighted by Gasteiger charge is -2.40. The van der Waals surface area contributed by atoms with Crippen LogP contribution in [0.2, 0.25) is 0 Å². The number of carbonyl (C=O) groups is 2. The average molecular weight is 383 g/mol. The van der Waals surface area contributed by atoms with Gasteiger partial charge in [-0.1, -0.05) is 30.3 Å². The van der Waals surface area contributed by atoms with Gasteiger partial charge in [0.2, 0.25) is 11.9 Å². The van der Waals surface area contributed by atoms with E-state index in [-0.39, 0.29) is 22.9 Å². The molecule has 1 saturated heterocycles. The third kappa shape index (κ3) is 4.45. The van der Waals surface area contributed by atoms with Crippen LogP contribution in [0.25, 0.3) is 0 Å². The molecule has 28 heavy (non-hydrogen) atoms. The lowest BCUT2D eigenvalue weighted by molar-refractivity contribution is -0.133. The maximum atomic E-state index is 12.8. The van der Waals surface area contributed by atoms with Crippen LogP contribution in [0, 0.1) is 0 Å². The second kappa shape index (κ2) is 8.35. The molecule has 8 heteroatoms. The van der Waals surface area contributed by atoms with Gasteiger partial charge < -0.3 is 10.2 Å². The summed E-state index contributed by atoms with van der Waals surface area (Å²) >= 11 is 0. The van der Waals surface area contributed by atoms with Gasteiger partial charge >= 0.3 is 0 Å². The summed E-state index contributed by atoms with van der Waals surface area (Å²) in [4.78, 5) is 34.3. The smallest absolute Gasteiger partial charge is 0.277 e. The van der Waals surface area contributed by atoms with Gasteiger partial charge in [-0.3, -0.25) is 14.8 Å². The van der Waals surface area contributed by atoms with E-state index in [0.29, 0.717) is 19.0 Å². The molecule has 3 N–H and O–H groups in total. The third-order valence-electron chi connectivity index (χ3n) is 5.28. The highest BCUT2D eigenvalue weighted by atomic mass is 16.5. The van der Waals surface area contributed by atoms with Gasteiger partial charge in [0.25, 0.3) is 5.91 Å². The van der Waals surface area contributed by atoms with Gasteiger partial charge in [-0.15, -0.1) is 0 Å². The highest BCUT2D eigenvalue weighted by Crippen LogP contribution is 2.27. The molecule has 1 aromatic carbocycles. The van der Waals surface area contributed by atoms with E-state index in [2.05, 4.69) is 22.2 Å². The van der Waals surface area contributed by atoms with Crippen molar-refractivity contribution in [2.24, 2.45) is 0 Å². The first-order valence-electron chi connectivity index (χ1n) is 9.30. The van der Waals surface area contributed by atoms with E-state index in [0.717, 1.165) is 18.4 Å². The van der Waals surface area contributed by atoms with Crippen LogP contribution in [0.3, 0.4) is 0 Å². The molecule has 0 spiro atoms. The highest BCUT2D eigenvalue weighted by Gasteiger charge is 2.34. The van der Waals surface area contributed by atoms with Crippen molar-refractivity contribution >= 4 is 17.8 Å². The van der Waals surface area contributed by atoms with Crippen molar-refractivity contribution in [3.63, 3.8) is 0 Å². The Balaban J connectivity index is 1.57. The molecular formula is C20H25N5O3. The van der Waals surface area contributed by atoms with E-state index in [1.165, 1.54) is 12.4 Å². The predicted molar refractivity (Wildman–Crippen MR) is 104 cm³/mol. The van der Waals surface area contributed by atoms with Crippen molar-refractivity contribution in [1.82, 2.24) is 20.3 Å². The fraction of sp³-hybridized carbons (Fsp3) is 0.400. The maximum Gasteiger partial charge on any atom is 0.277 e. The van der Waals surface area contributed by atoms with Crippen LogP contribution < -0.4 is 10.8 Å². The Kier molecular flexibility index (Phi) is 5.89. The van der Waals surface area contributed by atoms with Gasteiger partial charge in [0, 0.05) is 31.0 Å². The van der Waals surface area contributed by atoms with Crippen LogP contribution in [0.15, 0.2) is 42.7 Å². The van der Waals surface area contributed by atoms with Crippen molar-refractivity contribution in [1.29, 1.82) is 0 Å². The van der Waals surface area contributed by atoms with Crippen LogP contribution in [0.4, 0.5) is 5.95 Å². The molecule has 1 fully saturated rings. The molecule has 0 saturated carbocycles. The Morgan fingerprint density at radius 1 is 1.14 bits per heavy atom. The summed E-state index contributed by atoms with van der Waals surface area (Å²) in [5.74, 6) is -0.262. The summed E-state index contributed by atoms with van der Waals surface area (Å²) < 4.78 is 0. The first kappa shape index (κ1) is 19.8. The van der Waals surface area contributed by atoms with Crippen LogP contribution in [0.5, 0.6) is 0 Å². The first-order valence-corrected chi connectivity index (χ1v) is 9.30. The molecular weight excluding hydrogens is 358 g/mol. The second-order valence-corrected chi connectivity index (χ2v) is 7.38. The number of hydrogen-bond donors (Lipinski definition) is 3. The summed E-state index contributed by atoms with van der Waals surface area (Å²) in [6, 6.07) is 9.81. The van der Waals surface area contributed by atoms with Crippen molar-refractivity contribution in [2.45, 2.75) is 38.1 Å². The van der Waals surface area contributed by atoms with E-state index >= 15 is 0 Å². The van der Waals surface area contributed by atoms with Crippen molar-refractivity contribution in [2.75, 3.05) is 18.4 Å². The number of anilines is 1. The summed E-state index contributed by atoms with van der Waals surface area (Å²) in [6.07, 6.45) is 4.24. The Hall–Kier alpha value is -3.00. The molecule has 0 radical (unpaired) electrons. The lowest BCUT2D eigenvalue weighted by atomic mass is 9.88. The Labute approximate surface area is 164 Å². The van der Waals surface area contributed by atoms with Crippen LogP contribution in [0.1, 0.15) is 48.5 Å². The second-order valence-electron chi connectivity index (χ2n) is 7.38. The Bertz CT molecular complexity index is 817. The van der Waals surface area contributed by atoms with Crippen LogP contribution in [-0.2, 0) is 4.79 Å². The fourth-order valence-corrected chi connectivity index (χ4v) is 3.35. The molecule has 1 aliphatic heterocycles. The minimum Gasteiger partial charge on any atom is -0.349 e. The molecule has 8 nitrogen and oxygen atoms in total. The van der Waals surface area contributed by atoms with E-state index in [4.69, 9.17) is 5.21 Å². The summed E-state index contributed by atoms with van der Waals surface area (Å²) in [5, 5.41) is 11.9. The minimum absolute atomic E-state index is 0.142. The summed E-state index contributed by atoms with van der Waals surface area (Å²) in [7, 11) is 0. The van der Waals surface area contributed by atoms with E-state index in [1.807, 2.05) is 42.2 Å². The zero-order valence-electron chi connectivity index (χ0n) is 16.1. The molecule has 1 unspecified atom stereocenters. The third-order valence-corrected chi connectivity index (χ3v) is 5.28. The van der Waals surface area contributed by atoms with Gasteiger partial charge in [-0.2, -0.15) is 0 Å². The van der Waals surface area contributed by atoms with E-state index in [1.54, 1.807) is 5.48 Å². The zero-order chi connectivity index (χ0) is 20.1. The lowest BCUT2D eigenvalue weighted by Crippen LogP contribution is -2.50. The van der Waals surface area contributed by atoms with Crippen molar-refractivity contribution < 1.29 is 14.8 Å². The quantitative estimate of drug-likeness (QED) is 0.540. The van der Waals surface area contributed by atoms with Crippen LogP contribution in [-0.4, -0.2) is 50.5 Å². The Morgan fingerprint density at radius 2 is 1.75 bits per heavy atom. The molecule has 3 rings (SSSR count). The number of nitrogens with zero attached hydrogens (tertiary/aromatic N) is 3. The molecule has 1 aromatic heterocycles. The van der Waals surface area contributed by atoms with Crippen LogP contribution >= 0.6 is 0 Å². The number of hydroxylamine groups is 1. The number of aromatic nitrogens is 2. The molecule has 0 bridgehead atoms. The fourth-order valence-electron chi connectivity index (χ4n) is 3.35. The predicted octanol–water partition coefficient (Wildman–Crippen LogP) is 2.19. The van der Waals surface area contributed by atoms with Gasteiger partial charge in [0.1, 0.15) is 0 Å². The normalized spacial score (nSPS) is 16.9. The van der Waals surface area contributed by atoms with Crippen molar-refractivity contribution in [3.05, 3.63) is 53.9 Å². The zero-order valence-corrected chi connectivity index (χ0v) is 16.1. The molecule has 2 amide bonds. The highest BCUT2D eigenvalue weighted by molar-refractivity contribution is 5.92. The SMILES string of the molecule is CC(C(=O)N1CCC(C)(Nc2ncc(C(=O)NO)cn2)CC1)c1ccccc1. The molecule has 2 heterocycles. The molecule has 2 aromatic rings. The number of carbonyl (C=O) groups excluding carboxylic acids is 2. The number of benzene rings is 1. The minimum atomic E-state index is -0.655. The molecule has 148 valence electrons. The van der Waals surface area contributed by atoms with Gasteiger partial charge in [0.05, 0.1) is 11.5 Å². The van der Waals surface area contributed by atoms with E-state index < -0.39 is 5.91 Å². The molecule has 1 aliphatic rings. The van der Waals surface area contributed by atoms with Gasteiger partial charge in [-0.05, 0) is 32.3 Å². The standard InChI is InChI=1S/C20H25N5O3/c1-14(15-6-4-3-5-7-15)18(27)25-10-8-20(2,9-11-25)23-19-21-12-16(13-22-19)17(26)24-28/h3-7,12-14,28H,8-11H2,1-2H3,(H,24,26)(H,21,22,23). The molecule has 0 aliphatic carbocycles. The topological polar surface area (TPSA) is 107 Å². The summed E-state index contributed by atoms with van der Waals surface area (Å²) in [5.41, 5.74) is 2.51. The Morgan fingerprint density at radius 3 is 2.32 bits per heavy atom. The first-order chi connectivity index (χ1) is 13.4. The number of nitrogens with one attached hydrogen (secondary N) is 2. The number of likely N-dealkylation sites (tertiary alicyclic amines) is 1. The number of hydrogen-bond acceptors (Lipinski definition) is 6.